The molecule has 0 saturated heterocycles. The molecule has 7 nitrogen and oxygen atoms in total. The second-order valence-corrected chi connectivity index (χ2v) is 9.46. The lowest BCUT2D eigenvalue weighted by Crippen LogP contribution is -2.44. The number of likely N-dealkylation sites (N-methyl/N-ethyl adjacent to an activating group) is 1. The summed E-state index contributed by atoms with van der Waals surface area (Å²) in [4.78, 5) is 41.4. The summed E-state index contributed by atoms with van der Waals surface area (Å²) in [6, 6.07) is 13.3. The highest BCUT2D eigenvalue weighted by atomic mass is 79.9. The van der Waals surface area contributed by atoms with Gasteiger partial charge in [-0.3, -0.25) is 23.6 Å². The SMILES string of the molecule is CCN(CC(=O)c1c(N)n(Cc2ccccc2)c(=O)n(C)c1=O)Cc1ccc(Br)s1. The summed E-state index contributed by atoms with van der Waals surface area (Å²) in [5, 5.41) is 0. The van der Waals surface area contributed by atoms with Crippen LogP contribution in [0.1, 0.15) is 27.7 Å². The van der Waals surface area contributed by atoms with E-state index in [1.54, 1.807) is 11.3 Å². The number of rotatable bonds is 8. The van der Waals surface area contributed by atoms with E-state index in [2.05, 4.69) is 15.9 Å². The van der Waals surface area contributed by atoms with Gasteiger partial charge in [0.25, 0.3) is 5.56 Å². The van der Waals surface area contributed by atoms with Crippen LogP contribution in [0.3, 0.4) is 0 Å². The van der Waals surface area contributed by atoms with Crippen LogP contribution in [-0.2, 0) is 20.1 Å². The van der Waals surface area contributed by atoms with Gasteiger partial charge in [-0.2, -0.15) is 0 Å². The minimum absolute atomic E-state index is 0.0367. The summed E-state index contributed by atoms with van der Waals surface area (Å²) in [7, 11) is 1.36. The maximum atomic E-state index is 13.1. The molecule has 2 aromatic heterocycles. The van der Waals surface area contributed by atoms with E-state index in [1.165, 1.54) is 11.6 Å². The molecule has 30 heavy (non-hydrogen) atoms. The van der Waals surface area contributed by atoms with Gasteiger partial charge in [0.15, 0.2) is 5.78 Å². The Morgan fingerprint density at radius 1 is 1.17 bits per heavy atom. The molecular formula is C21H23BrN4O3S. The molecule has 0 fully saturated rings. The van der Waals surface area contributed by atoms with E-state index in [-0.39, 0.29) is 24.5 Å². The number of carbonyl (C=O) groups excluding carboxylic acids is 1. The van der Waals surface area contributed by atoms with Gasteiger partial charge in [0.1, 0.15) is 11.4 Å². The number of ketones is 1. The second-order valence-electron chi connectivity index (χ2n) is 6.91. The quantitative estimate of drug-likeness (QED) is 0.490. The summed E-state index contributed by atoms with van der Waals surface area (Å²) >= 11 is 5.04. The van der Waals surface area contributed by atoms with Gasteiger partial charge >= 0.3 is 5.69 Å². The average Bonchev–Trinajstić information content (AvgIpc) is 3.14. The van der Waals surface area contributed by atoms with E-state index in [4.69, 9.17) is 5.73 Å². The van der Waals surface area contributed by atoms with Crippen molar-refractivity contribution < 1.29 is 4.79 Å². The average molecular weight is 491 g/mol. The van der Waals surface area contributed by atoms with Crippen LogP contribution in [0.25, 0.3) is 0 Å². The van der Waals surface area contributed by atoms with Gasteiger partial charge < -0.3 is 5.73 Å². The number of nitrogen functional groups attached to an aromatic ring is 1. The van der Waals surface area contributed by atoms with Crippen LogP contribution in [0.2, 0.25) is 0 Å². The number of carbonyl (C=O) groups is 1. The minimum Gasteiger partial charge on any atom is -0.384 e. The van der Waals surface area contributed by atoms with Crippen molar-refractivity contribution in [1.82, 2.24) is 14.0 Å². The molecule has 3 rings (SSSR count). The molecule has 0 aliphatic heterocycles. The zero-order valence-corrected chi connectivity index (χ0v) is 19.2. The van der Waals surface area contributed by atoms with Crippen molar-refractivity contribution in [3.63, 3.8) is 0 Å². The van der Waals surface area contributed by atoms with E-state index < -0.39 is 17.0 Å². The first-order valence-corrected chi connectivity index (χ1v) is 11.1. The van der Waals surface area contributed by atoms with E-state index in [9.17, 15) is 14.4 Å². The second kappa shape index (κ2) is 9.55. The number of Topliss-reactive ketones (excluding diaryl/α,β-unsaturated/α-hetero) is 1. The molecule has 0 unspecified atom stereocenters. The van der Waals surface area contributed by atoms with Crippen LogP contribution in [0, 0.1) is 0 Å². The smallest absolute Gasteiger partial charge is 0.332 e. The highest BCUT2D eigenvalue weighted by molar-refractivity contribution is 9.11. The molecular weight excluding hydrogens is 468 g/mol. The number of hydrogen-bond acceptors (Lipinski definition) is 6. The highest BCUT2D eigenvalue weighted by Gasteiger charge is 2.23. The Kier molecular flexibility index (Phi) is 7.06. The Labute approximate surface area is 186 Å². The lowest BCUT2D eigenvalue weighted by Gasteiger charge is -2.20. The Morgan fingerprint density at radius 2 is 1.87 bits per heavy atom. The van der Waals surface area contributed by atoms with Crippen molar-refractivity contribution in [2.24, 2.45) is 7.05 Å². The Bertz CT molecular complexity index is 1170. The van der Waals surface area contributed by atoms with Gasteiger partial charge in [0.2, 0.25) is 0 Å². The van der Waals surface area contributed by atoms with E-state index in [0.29, 0.717) is 13.1 Å². The molecule has 3 aromatic rings. The minimum atomic E-state index is -0.665. The van der Waals surface area contributed by atoms with E-state index >= 15 is 0 Å². The first-order valence-electron chi connectivity index (χ1n) is 9.44. The fourth-order valence-corrected chi connectivity index (χ4v) is 4.71. The van der Waals surface area contributed by atoms with Crippen molar-refractivity contribution in [1.29, 1.82) is 0 Å². The van der Waals surface area contributed by atoms with Crippen LogP contribution in [-0.4, -0.2) is 32.9 Å². The predicted octanol–water partition coefficient (Wildman–Crippen LogP) is 2.71. The molecule has 158 valence electrons. The van der Waals surface area contributed by atoms with Crippen molar-refractivity contribution in [3.8, 4) is 0 Å². The summed E-state index contributed by atoms with van der Waals surface area (Å²) in [6.07, 6.45) is 0. The van der Waals surface area contributed by atoms with Crippen molar-refractivity contribution >= 4 is 38.9 Å². The number of aromatic nitrogens is 2. The number of hydrogen-bond donors (Lipinski definition) is 1. The zero-order valence-electron chi connectivity index (χ0n) is 16.8. The molecule has 0 spiro atoms. The highest BCUT2D eigenvalue weighted by Crippen LogP contribution is 2.23. The maximum absolute atomic E-state index is 13.1. The lowest BCUT2D eigenvalue weighted by atomic mass is 10.1. The summed E-state index contributed by atoms with van der Waals surface area (Å²) in [6.45, 7) is 3.39. The first-order chi connectivity index (χ1) is 14.3. The predicted molar refractivity (Wildman–Crippen MR) is 123 cm³/mol. The number of thiophene rings is 1. The van der Waals surface area contributed by atoms with Crippen LogP contribution in [0.4, 0.5) is 5.82 Å². The maximum Gasteiger partial charge on any atom is 0.332 e. The Hall–Kier alpha value is -2.49. The van der Waals surface area contributed by atoms with Gasteiger partial charge in [-0.15, -0.1) is 11.3 Å². The number of halogens is 1. The van der Waals surface area contributed by atoms with Crippen LogP contribution >= 0.6 is 27.3 Å². The van der Waals surface area contributed by atoms with Gasteiger partial charge in [0.05, 0.1) is 16.9 Å². The molecule has 0 aliphatic carbocycles. The molecule has 0 amide bonds. The normalized spacial score (nSPS) is 11.2. The zero-order chi connectivity index (χ0) is 21.8. The molecule has 0 atom stereocenters. The summed E-state index contributed by atoms with van der Waals surface area (Å²) in [5.74, 6) is -0.487. The molecule has 0 aliphatic rings. The van der Waals surface area contributed by atoms with Crippen molar-refractivity contribution in [2.45, 2.75) is 20.0 Å². The number of anilines is 1. The Morgan fingerprint density at radius 3 is 2.47 bits per heavy atom. The molecule has 0 bridgehead atoms. The number of nitrogens with two attached hydrogens (primary N) is 1. The molecule has 0 saturated carbocycles. The van der Waals surface area contributed by atoms with E-state index in [0.717, 1.165) is 18.8 Å². The van der Waals surface area contributed by atoms with Gasteiger partial charge in [0, 0.05) is 18.5 Å². The number of nitrogens with zero attached hydrogens (tertiary/aromatic N) is 3. The summed E-state index contributed by atoms with van der Waals surface area (Å²) in [5.41, 5.74) is 5.68. The van der Waals surface area contributed by atoms with E-state index in [1.807, 2.05) is 54.3 Å². The third kappa shape index (κ3) is 4.80. The van der Waals surface area contributed by atoms with Crippen molar-refractivity contribution in [3.05, 3.63) is 83.1 Å². The van der Waals surface area contributed by atoms with Gasteiger partial charge in [-0.05, 0) is 40.2 Å². The van der Waals surface area contributed by atoms with Crippen molar-refractivity contribution in [2.75, 3.05) is 18.8 Å². The summed E-state index contributed by atoms with van der Waals surface area (Å²) < 4.78 is 3.24. The van der Waals surface area contributed by atoms with Gasteiger partial charge in [-0.25, -0.2) is 4.79 Å². The topological polar surface area (TPSA) is 90.3 Å². The third-order valence-electron chi connectivity index (χ3n) is 4.87. The number of benzene rings is 1. The van der Waals surface area contributed by atoms with Crippen LogP contribution in [0.5, 0.6) is 0 Å². The standard InChI is InChI=1S/C21H23BrN4O3S/c1-3-25(12-15-9-10-17(22)30-15)13-16(27)18-19(23)26(21(29)24(2)20(18)28)11-14-7-5-4-6-8-14/h4-10H,3,11-13,23H2,1-2H3. The molecule has 0 radical (unpaired) electrons. The molecule has 2 heterocycles. The third-order valence-corrected chi connectivity index (χ3v) is 6.48. The molecule has 2 N–H and O–H groups in total. The molecule has 9 heteroatoms. The first kappa shape index (κ1) is 22.2. The monoisotopic (exact) mass is 490 g/mol. The van der Waals surface area contributed by atoms with Gasteiger partial charge in [-0.1, -0.05) is 37.3 Å². The fourth-order valence-electron chi connectivity index (χ4n) is 3.18. The van der Waals surface area contributed by atoms with Crippen LogP contribution < -0.4 is 17.0 Å². The van der Waals surface area contributed by atoms with Crippen LogP contribution in [0.15, 0.2) is 55.8 Å². The Balaban J connectivity index is 1.92. The lowest BCUT2D eigenvalue weighted by molar-refractivity contribution is 0.0928. The largest absolute Gasteiger partial charge is 0.384 e. The molecule has 1 aromatic carbocycles. The fraction of sp³-hybridized carbons (Fsp3) is 0.286.